The van der Waals surface area contributed by atoms with Crippen LogP contribution in [0.4, 0.5) is 5.95 Å². The van der Waals surface area contributed by atoms with Gasteiger partial charge in [0.25, 0.3) is 5.91 Å². The molecule has 6 nitrogen and oxygen atoms in total. The van der Waals surface area contributed by atoms with E-state index in [0.717, 1.165) is 37.2 Å². The fourth-order valence-corrected chi connectivity index (χ4v) is 2.59. The van der Waals surface area contributed by atoms with E-state index in [9.17, 15) is 4.79 Å². The quantitative estimate of drug-likeness (QED) is 0.757. The highest BCUT2D eigenvalue weighted by atomic mass is 16.5. The molecule has 1 N–H and O–H groups in total. The van der Waals surface area contributed by atoms with E-state index in [4.69, 9.17) is 4.74 Å². The predicted octanol–water partition coefficient (Wildman–Crippen LogP) is 3.36. The Balaban J connectivity index is 2.00. The van der Waals surface area contributed by atoms with Crippen LogP contribution < -0.4 is 10.1 Å². The number of nitrogens with zero attached hydrogens (tertiary/aromatic N) is 3. The molecule has 1 aromatic heterocycles. The number of anilines is 1. The van der Waals surface area contributed by atoms with Gasteiger partial charge >= 0.3 is 0 Å². The number of aromatic nitrogens is 2. The average molecular weight is 342 g/mol. The first-order valence-corrected chi connectivity index (χ1v) is 8.66. The standard InChI is InChI=1S/C19H26N4O2/c1-4-10-23(11-5-2)18(24)16-13-21-19(22-14-16)20-12-15-8-6-7-9-17(15)25-3/h6-9,13-14H,4-5,10-12H2,1-3H3,(H,20,21,22). The third-order valence-electron chi connectivity index (χ3n) is 3.80. The number of ether oxygens (including phenoxy) is 1. The third kappa shape index (κ3) is 5.17. The summed E-state index contributed by atoms with van der Waals surface area (Å²) in [7, 11) is 1.65. The first kappa shape index (κ1) is 18.7. The van der Waals surface area contributed by atoms with Crippen molar-refractivity contribution >= 4 is 11.9 Å². The number of nitrogens with one attached hydrogen (secondary N) is 1. The molecule has 0 unspecified atom stereocenters. The maximum absolute atomic E-state index is 12.5. The molecule has 1 amide bonds. The number of amides is 1. The van der Waals surface area contributed by atoms with Crippen LogP contribution in [0.3, 0.4) is 0 Å². The number of rotatable bonds is 9. The molecule has 25 heavy (non-hydrogen) atoms. The van der Waals surface area contributed by atoms with Gasteiger partial charge in [-0.1, -0.05) is 32.0 Å². The van der Waals surface area contributed by atoms with Gasteiger partial charge in [-0.15, -0.1) is 0 Å². The molecule has 0 spiro atoms. The topological polar surface area (TPSA) is 67.4 Å². The van der Waals surface area contributed by atoms with Gasteiger partial charge in [-0.3, -0.25) is 4.79 Å². The molecule has 0 aliphatic carbocycles. The molecular weight excluding hydrogens is 316 g/mol. The van der Waals surface area contributed by atoms with Gasteiger partial charge in [-0.2, -0.15) is 0 Å². The van der Waals surface area contributed by atoms with Gasteiger partial charge in [0.05, 0.1) is 12.7 Å². The van der Waals surface area contributed by atoms with Gasteiger partial charge in [-0.25, -0.2) is 9.97 Å². The first-order valence-electron chi connectivity index (χ1n) is 8.66. The van der Waals surface area contributed by atoms with Crippen LogP contribution in [-0.4, -0.2) is 41.0 Å². The minimum atomic E-state index is -0.0139. The van der Waals surface area contributed by atoms with Crippen LogP contribution in [0.5, 0.6) is 5.75 Å². The molecule has 0 bridgehead atoms. The number of methoxy groups -OCH3 is 1. The third-order valence-corrected chi connectivity index (χ3v) is 3.80. The van der Waals surface area contributed by atoms with E-state index in [0.29, 0.717) is 18.1 Å². The van der Waals surface area contributed by atoms with Crippen molar-refractivity contribution in [3.05, 3.63) is 47.8 Å². The minimum absolute atomic E-state index is 0.0139. The Bertz CT molecular complexity index is 667. The molecule has 0 fully saturated rings. The van der Waals surface area contributed by atoms with Crippen molar-refractivity contribution in [2.45, 2.75) is 33.2 Å². The summed E-state index contributed by atoms with van der Waals surface area (Å²) in [6, 6.07) is 7.78. The zero-order valence-electron chi connectivity index (χ0n) is 15.2. The molecule has 0 saturated heterocycles. The largest absolute Gasteiger partial charge is 0.496 e. The van der Waals surface area contributed by atoms with Crippen LogP contribution in [0, 0.1) is 0 Å². The van der Waals surface area contributed by atoms with Gasteiger partial charge in [0, 0.05) is 37.6 Å². The second-order valence-electron chi connectivity index (χ2n) is 5.75. The van der Waals surface area contributed by atoms with Crippen molar-refractivity contribution in [2.75, 3.05) is 25.5 Å². The summed E-state index contributed by atoms with van der Waals surface area (Å²) in [5, 5.41) is 3.15. The van der Waals surface area contributed by atoms with Crippen molar-refractivity contribution in [1.29, 1.82) is 0 Å². The van der Waals surface area contributed by atoms with Crippen molar-refractivity contribution in [1.82, 2.24) is 14.9 Å². The lowest BCUT2D eigenvalue weighted by Gasteiger charge is -2.21. The van der Waals surface area contributed by atoms with E-state index in [1.54, 1.807) is 19.5 Å². The minimum Gasteiger partial charge on any atom is -0.496 e. The summed E-state index contributed by atoms with van der Waals surface area (Å²) >= 11 is 0. The molecule has 0 aliphatic rings. The zero-order chi connectivity index (χ0) is 18.1. The Morgan fingerprint density at radius 3 is 2.36 bits per heavy atom. The predicted molar refractivity (Wildman–Crippen MR) is 98.8 cm³/mol. The van der Waals surface area contributed by atoms with Crippen LogP contribution in [0.25, 0.3) is 0 Å². The summed E-state index contributed by atoms with van der Waals surface area (Å²) in [6.45, 7) is 6.19. The SMILES string of the molecule is CCCN(CCC)C(=O)c1cnc(NCc2ccccc2OC)nc1. The van der Waals surface area contributed by atoms with Gasteiger partial charge in [-0.05, 0) is 18.9 Å². The maximum Gasteiger partial charge on any atom is 0.256 e. The highest BCUT2D eigenvalue weighted by Gasteiger charge is 2.15. The van der Waals surface area contributed by atoms with E-state index in [2.05, 4.69) is 29.1 Å². The molecule has 6 heteroatoms. The van der Waals surface area contributed by atoms with E-state index in [1.165, 1.54) is 0 Å². The van der Waals surface area contributed by atoms with Crippen LogP contribution in [0.1, 0.15) is 42.6 Å². The molecule has 2 aromatic rings. The monoisotopic (exact) mass is 342 g/mol. The number of carbonyl (C=O) groups is 1. The Hall–Kier alpha value is -2.63. The Morgan fingerprint density at radius 2 is 1.76 bits per heavy atom. The van der Waals surface area contributed by atoms with Crippen LogP contribution in [0.2, 0.25) is 0 Å². The summed E-state index contributed by atoms with van der Waals surface area (Å²) < 4.78 is 5.33. The van der Waals surface area contributed by atoms with Gasteiger partial charge in [0.15, 0.2) is 0 Å². The lowest BCUT2D eigenvalue weighted by molar-refractivity contribution is 0.0754. The second kappa shape index (κ2) is 9.61. The fourth-order valence-electron chi connectivity index (χ4n) is 2.59. The molecule has 0 saturated carbocycles. The van der Waals surface area contributed by atoms with E-state index in [-0.39, 0.29) is 5.91 Å². The zero-order valence-corrected chi connectivity index (χ0v) is 15.2. The number of hydrogen-bond donors (Lipinski definition) is 1. The number of hydrogen-bond acceptors (Lipinski definition) is 5. The molecule has 2 rings (SSSR count). The lowest BCUT2D eigenvalue weighted by atomic mass is 10.2. The lowest BCUT2D eigenvalue weighted by Crippen LogP contribution is -2.32. The molecule has 134 valence electrons. The second-order valence-corrected chi connectivity index (χ2v) is 5.75. The molecule has 0 atom stereocenters. The summed E-state index contributed by atoms with van der Waals surface area (Å²) in [6.07, 6.45) is 5.03. The highest BCUT2D eigenvalue weighted by molar-refractivity contribution is 5.93. The van der Waals surface area contributed by atoms with Crippen molar-refractivity contribution in [3.63, 3.8) is 0 Å². The van der Waals surface area contributed by atoms with Crippen LogP contribution in [-0.2, 0) is 6.54 Å². The number of carbonyl (C=O) groups excluding carboxylic acids is 1. The highest BCUT2D eigenvalue weighted by Crippen LogP contribution is 2.18. The maximum atomic E-state index is 12.5. The summed E-state index contributed by atoms with van der Waals surface area (Å²) in [5.41, 5.74) is 1.54. The van der Waals surface area contributed by atoms with Crippen molar-refractivity contribution in [2.24, 2.45) is 0 Å². The molecule has 0 aliphatic heterocycles. The van der Waals surface area contributed by atoms with Gasteiger partial charge < -0.3 is 15.0 Å². The average Bonchev–Trinajstić information content (AvgIpc) is 2.66. The Morgan fingerprint density at radius 1 is 1.12 bits per heavy atom. The number of benzene rings is 1. The van der Waals surface area contributed by atoms with Crippen LogP contribution >= 0.6 is 0 Å². The molecule has 1 heterocycles. The smallest absolute Gasteiger partial charge is 0.256 e. The molecular formula is C19H26N4O2. The van der Waals surface area contributed by atoms with Crippen LogP contribution in [0.15, 0.2) is 36.7 Å². The molecule has 0 radical (unpaired) electrons. The first-order chi connectivity index (χ1) is 12.2. The fraction of sp³-hybridized carbons (Fsp3) is 0.421. The van der Waals surface area contributed by atoms with E-state index in [1.807, 2.05) is 29.2 Å². The van der Waals surface area contributed by atoms with Gasteiger partial charge in [0.2, 0.25) is 5.95 Å². The van der Waals surface area contributed by atoms with E-state index >= 15 is 0 Å². The van der Waals surface area contributed by atoms with Gasteiger partial charge in [0.1, 0.15) is 5.75 Å². The van der Waals surface area contributed by atoms with E-state index < -0.39 is 0 Å². The van der Waals surface area contributed by atoms with Crippen molar-refractivity contribution in [3.8, 4) is 5.75 Å². The Kier molecular flexibility index (Phi) is 7.19. The molecule has 1 aromatic carbocycles. The normalized spacial score (nSPS) is 10.4. The summed E-state index contributed by atoms with van der Waals surface area (Å²) in [4.78, 5) is 22.9. The Labute approximate surface area is 149 Å². The summed E-state index contributed by atoms with van der Waals surface area (Å²) in [5.74, 6) is 1.29. The number of para-hydroxylation sites is 1. The van der Waals surface area contributed by atoms with Crippen molar-refractivity contribution < 1.29 is 9.53 Å².